The van der Waals surface area contributed by atoms with E-state index in [2.05, 4.69) is 10.6 Å². The minimum absolute atomic E-state index is 0.0134. The van der Waals surface area contributed by atoms with Crippen molar-refractivity contribution in [1.82, 2.24) is 15.5 Å². The summed E-state index contributed by atoms with van der Waals surface area (Å²) in [6.45, 7) is 4.10. The molecule has 1 aromatic carbocycles. The number of hydrogen-bond donors (Lipinski definition) is 4. The van der Waals surface area contributed by atoms with Crippen LogP contribution < -0.4 is 15.4 Å². The summed E-state index contributed by atoms with van der Waals surface area (Å²) < 4.78 is 43.8. The summed E-state index contributed by atoms with van der Waals surface area (Å²) in [5, 5.41) is 15.8. The molecule has 5 atom stereocenters. The van der Waals surface area contributed by atoms with E-state index in [1.165, 1.54) is 4.90 Å². The van der Waals surface area contributed by atoms with E-state index in [0.29, 0.717) is 23.7 Å². The summed E-state index contributed by atoms with van der Waals surface area (Å²) >= 11 is 5.95. The van der Waals surface area contributed by atoms with Gasteiger partial charge >= 0.3 is 6.09 Å². The maximum Gasteiger partial charge on any atom is 0.411 e. The highest BCUT2D eigenvalue weighted by Crippen LogP contribution is 2.24. The fourth-order valence-electron chi connectivity index (χ4n) is 4.36. The Hall–Kier alpha value is -2.61. The SMILES string of the molecule is CC(C)C[C@@H](C(=O)N[C@@H](C[C@@H]1CCNC1=O)C(O)S(=O)(=O)O)N1CC(COc2cccc(Cl)c2)OC1=O. The molecule has 2 unspecified atom stereocenters. The monoisotopic (exact) mass is 561 g/mol. The van der Waals surface area contributed by atoms with Gasteiger partial charge in [0.25, 0.3) is 10.1 Å². The lowest BCUT2D eigenvalue weighted by atomic mass is 9.97. The summed E-state index contributed by atoms with van der Waals surface area (Å²) in [5.74, 6) is -1.30. The van der Waals surface area contributed by atoms with Crippen molar-refractivity contribution in [3.63, 3.8) is 0 Å². The standard InChI is InChI=1S/C23H32ClN3O9S/c1-13(2)8-19(27-11-17(36-23(27)31)12-35-16-5-3-4-15(24)10-16)21(29)26-18(22(30)37(32,33)34)9-14-6-7-25-20(14)28/h3-5,10,13-14,17-19,22,30H,6-9,11-12H2,1-2H3,(H,25,28)(H,26,29)(H,32,33,34)/t14-,17?,18-,19-,22?/m0/s1. The Labute approximate surface area is 220 Å². The molecule has 206 valence electrons. The summed E-state index contributed by atoms with van der Waals surface area (Å²) in [6, 6.07) is 4.16. The summed E-state index contributed by atoms with van der Waals surface area (Å²) in [6.07, 6.45) is -1.06. The van der Waals surface area contributed by atoms with E-state index in [4.69, 9.17) is 21.1 Å². The molecule has 14 heteroatoms. The molecule has 2 aliphatic heterocycles. The van der Waals surface area contributed by atoms with Gasteiger partial charge in [0, 0.05) is 17.5 Å². The Morgan fingerprint density at radius 3 is 2.68 bits per heavy atom. The van der Waals surface area contributed by atoms with Crippen LogP contribution in [0.25, 0.3) is 0 Å². The van der Waals surface area contributed by atoms with Crippen LogP contribution in [0.2, 0.25) is 5.02 Å². The molecule has 0 spiro atoms. The van der Waals surface area contributed by atoms with Crippen molar-refractivity contribution in [2.45, 2.75) is 56.7 Å². The molecule has 2 fully saturated rings. The lowest BCUT2D eigenvalue weighted by Gasteiger charge is -2.30. The Kier molecular flexibility index (Phi) is 9.62. The van der Waals surface area contributed by atoms with E-state index >= 15 is 0 Å². The van der Waals surface area contributed by atoms with Gasteiger partial charge in [0.05, 0.1) is 12.6 Å². The number of carbonyl (C=O) groups excluding carboxylic acids is 3. The fourth-order valence-corrected chi connectivity index (χ4v) is 5.14. The van der Waals surface area contributed by atoms with Gasteiger partial charge in [0.1, 0.15) is 18.4 Å². The molecular weight excluding hydrogens is 530 g/mol. The molecule has 0 radical (unpaired) electrons. The van der Waals surface area contributed by atoms with Gasteiger partial charge in [-0.2, -0.15) is 8.42 Å². The van der Waals surface area contributed by atoms with Gasteiger partial charge in [-0.05, 0) is 43.4 Å². The number of nitrogens with zero attached hydrogens (tertiary/aromatic N) is 1. The van der Waals surface area contributed by atoms with Crippen LogP contribution in [0.5, 0.6) is 5.75 Å². The molecular formula is C23H32ClN3O9S. The number of aliphatic hydroxyl groups excluding tert-OH is 1. The van der Waals surface area contributed by atoms with Gasteiger partial charge in [-0.3, -0.25) is 19.0 Å². The van der Waals surface area contributed by atoms with Gasteiger partial charge in [0.15, 0.2) is 6.10 Å². The van der Waals surface area contributed by atoms with Crippen LogP contribution in [-0.2, 0) is 24.4 Å². The number of cyclic esters (lactones) is 1. The number of ether oxygens (including phenoxy) is 2. The Morgan fingerprint density at radius 2 is 2.08 bits per heavy atom. The smallest absolute Gasteiger partial charge is 0.411 e. The van der Waals surface area contributed by atoms with Crippen LogP contribution in [0.4, 0.5) is 4.79 Å². The average Bonchev–Trinajstić information content (AvgIpc) is 3.39. The molecule has 3 amide bonds. The van der Waals surface area contributed by atoms with E-state index in [1.807, 2.05) is 13.8 Å². The Morgan fingerprint density at radius 1 is 1.35 bits per heavy atom. The van der Waals surface area contributed by atoms with Gasteiger partial charge < -0.3 is 25.2 Å². The molecule has 12 nitrogen and oxygen atoms in total. The first kappa shape index (κ1) is 29.0. The Balaban J connectivity index is 1.72. The quantitative estimate of drug-likeness (QED) is 0.273. The van der Waals surface area contributed by atoms with Crippen molar-refractivity contribution in [2.24, 2.45) is 11.8 Å². The normalized spacial score (nSPS) is 22.4. The first-order valence-corrected chi connectivity index (χ1v) is 13.8. The largest absolute Gasteiger partial charge is 0.490 e. The number of nitrogens with one attached hydrogen (secondary N) is 2. The topological polar surface area (TPSA) is 172 Å². The third kappa shape index (κ3) is 7.94. The van der Waals surface area contributed by atoms with Crippen LogP contribution in [0.3, 0.4) is 0 Å². The molecule has 4 N–H and O–H groups in total. The van der Waals surface area contributed by atoms with Crippen molar-refractivity contribution in [3.05, 3.63) is 29.3 Å². The number of aliphatic hydroxyl groups is 1. The number of amides is 3. The van der Waals surface area contributed by atoms with Crippen LogP contribution in [-0.4, -0.2) is 84.2 Å². The molecule has 1 aromatic rings. The maximum atomic E-state index is 13.3. The second-order valence-electron chi connectivity index (χ2n) is 9.60. The highest BCUT2D eigenvalue weighted by atomic mass is 35.5. The van der Waals surface area contributed by atoms with E-state index in [9.17, 15) is 32.5 Å². The second kappa shape index (κ2) is 12.3. The molecule has 0 aliphatic carbocycles. The zero-order valence-electron chi connectivity index (χ0n) is 20.5. The number of halogens is 1. The molecule has 2 heterocycles. The number of rotatable bonds is 12. The minimum Gasteiger partial charge on any atom is -0.490 e. The molecule has 3 rings (SSSR count). The molecule has 2 aliphatic rings. The van der Waals surface area contributed by atoms with Gasteiger partial charge in [-0.15, -0.1) is 0 Å². The third-order valence-electron chi connectivity index (χ3n) is 6.19. The lowest BCUT2D eigenvalue weighted by molar-refractivity contribution is -0.128. The van der Waals surface area contributed by atoms with Gasteiger partial charge in [-0.1, -0.05) is 31.5 Å². The maximum absolute atomic E-state index is 13.3. The molecule has 37 heavy (non-hydrogen) atoms. The van der Waals surface area contributed by atoms with Crippen molar-refractivity contribution in [1.29, 1.82) is 0 Å². The molecule has 0 bridgehead atoms. The predicted octanol–water partition coefficient (Wildman–Crippen LogP) is 1.17. The van der Waals surface area contributed by atoms with Crippen LogP contribution >= 0.6 is 11.6 Å². The van der Waals surface area contributed by atoms with E-state index in [1.54, 1.807) is 24.3 Å². The highest BCUT2D eigenvalue weighted by Gasteiger charge is 2.42. The van der Waals surface area contributed by atoms with Gasteiger partial charge in [-0.25, -0.2) is 4.79 Å². The molecule has 0 aromatic heterocycles. The predicted molar refractivity (Wildman–Crippen MR) is 132 cm³/mol. The summed E-state index contributed by atoms with van der Waals surface area (Å²) in [4.78, 5) is 39.3. The highest BCUT2D eigenvalue weighted by molar-refractivity contribution is 7.86. The molecule has 0 saturated carbocycles. The number of hydrogen-bond acceptors (Lipinski definition) is 8. The minimum atomic E-state index is -4.95. The zero-order chi connectivity index (χ0) is 27.3. The van der Waals surface area contributed by atoms with E-state index in [-0.39, 0.29) is 37.8 Å². The number of carbonyl (C=O) groups is 3. The second-order valence-corrected chi connectivity index (χ2v) is 11.6. The summed E-state index contributed by atoms with van der Waals surface area (Å²) in [7, 11) is -4.95. The van der Waals surface area contributed by atoms with E-state index in [0.717, 1.165) is 0 Å². The third-order valence-corrected chi connectivity index (χ3v) is 7.36. The van der Waals surface area contributed by atoms with Crippen LogP contribution in [0, 0.1) is 11.8 Å². The lowest BCUT2D eigenvalue weighted by Crippen LogP contribution is -2.55. The van der Waals surface area contributed by atoms with Crippen molar-refractivity contribution >= 4 is 39.6 Å². The summed E-state index contributed by atoms with van der Waals surface area (Å²) in [5.41, 5.74) is -2.35. The van der Waals surface area contributed by atoms with Crippen molar-refractivity contribution in [2.75, 3.05) is 19.7 Å². The van der Waals surface area contributed by atoms with Crippen LogP contribution in [0.1, 0.15) is 33.1 Å². The average molecular weight is 562 g/mol. The fraction of sp³-hybridized carbons (Fsp3) is 0.609. The van der Waals surface area contributed by atoms with Crippen molar-refractivity contribution in [3.8, 4) is 5.75 Å². The zero-order valence-corrected chi connectivity index (χ0v) is 22.1. The molecule has 2 saturated heterocycles. The Bertz CT molecular complexity index is 1100. The first-order valence-electron chi connectivity index (χ1n) is 11.9. The van der Waals surface area contributed by atoms with E-state index < -0.39 is 51.7 Å². The number of benzene rings is 1. The van der Waals surface area contributed by atoms with Crippen LogP contribution in [0.15, 0.2) is 24.3 Å². The van der Waals surface area contributed by atoms with Gasteiger partial charge in [0.2, 0.25) is 17.3 Å². The first-order chi connectivity index (χ1) is 17.3. The van der Waals surface area contributed by atoms with Crippen molar-refractivity contribution < 1.29 is 41.9 Å².